The Morgan fingerprint density at radius 3 is 2.38 bits per heavy atom. The Morgan fingerprint density at radius 1 is 1.08 bits per heavy atom. The molecule has 0 bridgehead atoms. The minimum atomic E-state index is -0.925. The van der Waals surface area contributed by atoms with Crippen molar-refractivity contribution < 1.29 is 19.4 Å². The van der Waals surface area contributed by atoms with E-state index in [2.05, 4.69) is 0 Å². The van der Waals surface area contributed by atoms with Crippen LogP contribution in [-0.2, 0) is 10.2 Å². The van der Waals surface area contributed by atoms with E-state index in [9.17, 15) is 14.7 Å². The molecule has 1 amide bonds. The lowest BCUT2D eigenvalue weighted by Gasteiger charge is -2.39. The number of carbonyl (C=O) groups is 2. The third-order valence-corrected chi connectivity index (χ3v) is 5.03. The number of nitrogens with zero attached hydrogens (tertiary/aromatic N) is 1. The summed E-state index contributed by atoms with van der Waals surface area (Å²) in [4.78, 5) is 26.5. The maximum Gasteiger partial charge on any atom is 0.314 e. The number of rotatable bonds is 5. The van der Waals surface area contributed by atoms with E-state index in [-0.39, 0.29) is 5.91 Å². The van der Waals surface area contributed by atoms with Crippen LogP contribution < -0.4 is 4.74 Å². The number of carbonyl (C=O) groups excluding carboxylic acids is 1. The average molecular weight is 353 g/mol. The zero-order chi connectivity index (χ0) is 18.6. The second-order valence-electron chi connectivity index (χ2n) is 6.51. The summed E-state index contributed by atoms with van der Waals surface area (Å²) in [5.41, 5.74) is 0.446. The van der Waals surface area contributed by atoms with Crippen molar-refractivity contribution in [3.63, 3.8) is 0 Å². The fraction of sp³-hybridized carbons (Fsp3) is 0.333. The standard InChI is InChI=1S/C21H23NO4/c1-2-26-18-10-6-7-16(15-18)19(23)22-13-11-21(12-14-22,20(24)25)17-8-4-3-5-9-17/h3-10,15H,2,11-14H2,1H3,(H,24,25). The van der Waals surface area contributed by atoms with Gasteiger partial charge >= 0.3 is 5.97 Å². The van der Waals surface area contributed by atoms with E-state index in [1.165, 1.54) is 0 Å². The molecule has 1 aliphatic rings. The second-order valence-corrected chi connectivity index (χ2v) is 6.51. The third-order valence-electron chi connectivity index (χ3n) is 5.03. The highest BCUT2D eigenvalue weighted by atomic mass is 16.5. The predicted molar refractivity (Wildman–Crippen MR) is 98.5 cm³/mol. The molecular formula is C21H23NO4. The number of amides is 1. The van der Waals surface area contributed by atoms with Crippen molar-refractivity contribution in [2.75, 3.05) is 19.7 Å². The summed E-state index contributed by atoms with van der Waals surface area (Å²) in [6.45, 7) is 3.27. The van der Waals surface area contributed by atoms with E-state index in [1.807, 2.05) is 43.3 Å². The average Bonchev–Trinajstić information content (AvgIpc) is 2.68. The highest BCUT2D eigenvalue weighted by molar-refractivity contribution is 5.95. The first-order chi connectivity index (χ1) is 12.6. The van der Waals surface area contributed by atoms with E-state index in [0.717, 1.165) is 5.56 Å². The Hall–Kier alpha value is -2.82. The van der Waals surface area contributed by atoms with Crippen LogP contribution >= 0.6 is 0 Å². The molecule has 1 heterocycles. The highest BCUT2D eigenvalue weighted by Gasteiger charge is 2.43. The Labute approximate surface area is 153 Å². The largest absolute Gasteiger partial charge is 0.494 e. The van der Waals surface area contributed by atoms with Gasteiger partial charge in [0.15, 0.2) is 0 Å². The van der Waals surface area contributed by atoms with Crippen LogP contribution in [0.1, 0.15) is 35.7 Å². The zero-order valence-electron chi connectivity index (χ0n) is 14.9. The lowest BCUT2D eigenvalue weighted by Crippen LogP contribution is -2.49. The molecule has 136 valence electrons. The van der Waals surface area contributed by atoms with Crippen molar-refractivity contribution in [3.8, 4) is 5.75 Å². The molecule has 0 atom stereocenters. The molecule has 3 rings (SSSR count). The maximum atomic E-state index is 12.8. The third kappa shape index (κ3) is 3.43. The number of ether oxygens (including phenoxy) is 1. The minimum absolute atomic E-state index is 0.0846. The van der Waals surface area contributed by atoms with Crippen LogP contribution in [0.15, 0.2) is 54.6 Å². The number of carboxylic acid groups (broad SMARTS) is 1. The molecular weight excluding hydrogens is 330 g/mol. The topological polar surface area (TPSA) is 66.8 Å². The molecule has 0 aliphatic carbocycles. The van der Waals surface area contributed by atoms with E-state index in [4.69, 9.17) is 4.74 Å². The molecule has 2 aromatic rings. The summed E-state index contributed by atoms with van der Waals surface area (Å²) >= 11 is 0. The Kier molecular flexibility index (Phi) is 5.26. The predicted octanol–water partition coefficient (Wildman–Crippen LogP) is 3.34. The quantitative estimate of drug-likeness (QED) is 0.895. The minimum Gasteiger partial charge on any atom is -0.494 e. The van der Waals surface area contributed by atoms with E-state index < -0.39 is 11.4 Å². The second kappa shape index (κ2) is 7.60. The van der Waals surface area contributed by atoms with Crippen molar-refractivity contribution in [1.29, 1.82) is 0 Å². The van der Waals surface area contributed by atoms with Crippen molar-refractivity contribution in [2.45, 2.75) is 25.2 Å². The van der Waals surface area contributed by atoms with Crippen LogP contribution in [0.5, 0.6) is 5.75 Å². The molecule has 0 unspecified atom stereocenters. The van der Waals surface area contributed by atoms with Gasteiger partial charge in [0.2, 0.25) is 0 Å². The summed E-state index contributed by atoms with van der Waals surface area (Å²) < 4.78 is 5.46. The van der Waals surface area contributed by atoms with Crippen molar-refractivity contribution >= 4 is 11.9 Å². The first-order valence-corrected chi connectivity index (χ1v) is 8.88. The summed E-state index contributed by atoms with van der Waals surface area (Å²) in [6, 6.07) is 16.4. The SMILES string of the molecule is CCOc1cccc(C(=O)N2CCC(C(=O)O)(c3ccccc3)CC2)c1. The number of hydrogen-bond donors (Lipinski definition) is 1. The molecule has 0 radical (unpaired) electrons. The lowest BCUT2D eigenvalue weighted by atomic mass is 9.73. The molecule has 26 heavy (non-hydrogen) atoms. The molecule has 1 aliphatic heterocycles. The van der Waals surface area contributed by atoms with Gasteiger partial charge in [0, 0.05) is 18.7 Å². The van der Waals surface area contributed by atoms with Gasteiger partial charge in [-0.2, -0.15) is 0 Å². The number of benzene rings is 2. The first-order valence-electron chi connectivity index (χ1n) is 8.88. The van der Waals surface area contributed by atoms with Crippen molar-refractivity contribution in [1.82, 2.24) is 4.90 Å². The van der Waals surface area contributed by atoms with Gasteiger partial charge in [-0.1, -0.05) is 36.4 Å². The molecule has 5 nitrogen and oxygen atoms in total. The molecule has 0 aromatic heterocycles. The molecule has 1 saturated heterocycles. The molecule has 5 heteroatoms. The highest BCUT2D eigenvalue weighted by Crippen LogP contribution is 2.36. The van der Waals surface area contributed by atoms with Crippen LogP contribution in [0.4, 0.5) is 0 Å². The van der Waals surface area contributed by atoms with Crippen LogP contribution in [-0.4, -0.2) is 41.6 Å². The van der Waals surface area contributed by atoms with Gasteiger partial charge in [0.1, 0.15) is 5.75 Å². The summed E-state index contributed by atoms with van der Waals surface area (Å²) in [6.07, 6.45) is 0.812. The van der Waals surface area contributed by atoms with Gasteiger partial charge in [0.25, 0.3) is 5.91 Å². The Balaban J connectivity index is 1.76. The van der Waals surface area contributed by atoms with Gasteiger partial charge in [-0.15, -0.1) is 0 Å². The van der Waals surface area contributed by atoms with Gasteiger partial charge in [-0.3, -0.25) is 9.59 Å². The van der Waals surface area contributed by atoms with E-state index >= 15 is 0 Å². The zero-order valence-corrected chi connectivity index (χ0v) is 14.9. The fourth-order valence-corrected chi connectivity index (χ4v) is 3.54. The Morgan fingerprint density at radius 2 is 1.77 bits per heavy atom. The lowest BCUT2D eigenvalue weighted by molar-refractivity contribution is -0.145. The van der Waals surface area contributed by atoms with Crippen LogP contribution in [0, 0.1) is 0 Å². The fourth-order valence-electron chi connectivity index (χ4n) is 3.54. The molecule has 1 N–H and O–H groups in total. The smallest absolute Gasteiger partial charge is 0.314 e. The first kappa shape index (κ1) is 18.0. The molecule has 2 aromatic carbocycles. The van der Waals surface area contributed by atoms with Crippen LogP contribution in [0.3, 0.4) is 0 Å². The van der Waals surface area contributed by atoms with Crippen molar-refractivity contribution in [3.05, 3.63) is 65.7 Å². The van der Waals surface area contributed by atoms with Gasteiger partial charge in [0.05, 0.1) is 12.0 Å². The van der Waals surface area contributed by atoms with Crippen molar-refractivity contribution in [2.24, 2.45) is 0 Å². The summed E-state index contributed by atoms with van der Waals surface area (Å²) in [5.74, 6) is -0.243. The van der Waals surface area contributed by atoms with E-state index in [0.29, 0.717) is 43.9 Å². The summed E-state index contributed by atoms with van der Waals surface area (Å²) in [7, 11) is 0. The maximum absolute atomic E-state index is 12.8. The molecule has 0 spiro atoms. The van der Waals surface area contributed by atoms with Crippen LogP contribution in [0.2, 0.25) is 0 Å². The van der Waals surface area contributed by atoms with Gasteiger partial charge in [-0.05, 0) is 43.5 Å². The van der Waals surface area contributed by atoms with Crippen LogP contribution in [0.25, 0.3) is 0 Å². The number of aliphatic carboxylic acids is 1. The normalized spacial score (nSPS) is 16.1. The number of piperidine rings is 1. The molecule has 0 saturated carbocycles. The number of hydrogen-bond acceptors (Lipinski definition) is 3. The van der Waals surface area contributed by atoms with E-state index in [1.54, 1.807) is 23.1 Å². The Bertz CT molecular complexity index is 780. The monoisotopic (exact) mass is 353 g/mol. The summed E-state index contributed by atoms with van der Waals surface area (Å²) in [5, 5.41) is 9.86. The van der Waals surface area contributed by atoms with Gasteiger partial charge in [-0.25, -0.2) is 0 Å². The van der Waals surface area contributed by atoms with Gasteiger partial charge < -0.3 is 14.7 Å². The number of likely N-dealkylation sites (tertiary alicyclic amines) is 1. The number of carboxylic acids is 1. The molecule has 1 fully saturated rings.